The zero-order chi connectivity index (χ0) is 12.8. The van der Waals surface area contributed by atoms with Gasteiger partial charge in [0.25, 0.3) is 0 Å². The number of carboxylic acid groups (broad SMARTS) is 1. The Hall–Kier alpha value is -2.24. The van der Waals surface area contributed by atoms with Crippen LogP contribution in [0.15, 0.2) is 18.2 Å². The van der Waals surface area contributed by atoms with Crippen molar-refractivity contribution in [3.8, 4) is 5.75 Å². The van der Waals surface area contributed by atoms with Crippen LogP contribution < -0.4 is 15.8 Å². The highest BCUT2D eigenvalue weighted by molar-refractivity contribution is 5.92. The molecule has 0 saturated heterocycles. The Bertz CT molecular complexity index is 431. The number of rotatable bonds is 5. The Morgan fingerprint density at radius 2 is 2.18 bits per heavy atom. The molecule has 0 atom stereocenters. The number of hydrogen-bond acceptors (Lipinski definition) is 4. The van der Waals surface area contributed by atoms with Gasteiger partial charge in [-0.05, 0) is 18.2 Å². The van der Waals surface area contributed by atoms with Crippen LogP contribution in [0.25, 0.3) is 0 Å². The summed E-state index contributed by atoms with van der Waals surface area (Å²) in [5.41, 5.74) is 5.82. The first kappa shape index (κ1) is 12.8. The molecule has 0 spiro atoms. The van der Waals surface area contributed by atoms with E-state index >= 15 is 0 Å². The normalized spacial score (nSPS) is 9.71. The second-order valence-electron chi connectivity index (χ2n) is 3.33. The van der Waals surface area contributed by atoms with E-state index in [0.29, 0.717) is 5.69 Å². The molecule has 0 heterocycles. The summed E-state index contributed by atoms with van der Waals surface area (Å²) in [4.78, 5) is 21.9. The van der Waals surface area contributed by atoms with Crippen molar-refractivity contribution in [2.45, 2.75) is 6.42 Å². The van der Waals surface area contributed by atoms with Crippen molar-refractivity contribution in [3.05, 3.63) is 23.8 Å². The molecule has 0 saturated carbocycles. The van der Waals surface area contributed by atoms with Crippen LogP contribution in [0.3, 0.4) is 0 Å². The highest BCUT2D eigenvalue weighted by Gasteiger charge is 2.11. The number of carbonyl (C=O) groups is 2. The average Bonchev–Trinajstić information content (AvgIpc) is 2.30. The van der Waals surface area contributed by atoms with Crippen molar-refractivity contribution in [1.29, 1.82) is 0 Å². The summed E-state index contributed by atoms with van der Waals surface area (Å²) in [5, 5.41) is 11.4. The zero-order valence-corrected chi connectivity index (χ0v) is 9.40. The fraction of sp³-hybridized carbons (Fsp3) is 0.273. The number of benzene rings is 1. The van der Waals surface area contributed by atoms with Crippen LogP contribution in [0.2, 0.25) is 0 Å². The van der Waals surface area contributed by atoms with Gasteiger partial charge in [0, 0.05) is 12.7 Å². The third-order valence-electron chi connectivity index (χ3n) is 2.10. The van der Waals surface area contributed by atoms with E-state index in [9.17, 15) is 9.59 Å². The summed E-state index contributed by atoms with van der Waals surface area (Å²) >= 11 is 0. The minimum atomic E-state index is -1.12. The Morgan fingerprint density at radius 1 is 1.47 bits per heavy atom. The van der Waals surface area contributed by atoms with Gasteiger partial charge >= 0.3 is 5.97 Å². The molecule has 0 aliphatic carbocycles. The maximum absolute atomic E-state index is 10.9. The maximum atomic E-state index is 10.9. The molecule has 1 aromatic carbocycles. The summed E-state index contributed by atoms with van der Waals surface area (Å²) in [6.07, 6.45) is 0.167. The first-order valence-corrected chi connectivity index (χ1v) is 5.00. The monoisotopic (exact) mass is 238 g/mol. The summed E-state index contributed by atoms with van der Waals surface area (Å²) < 4.78 is 5.23. The van der Waals surface area contributed by atoms with E-state index < -0.39 is 5.97 Å². The molecule has 0 unspecified atom stereocenters. The number of nitrogens with one attached hydrogen (secondary N) is 1. The maximum Gasteiger partial charge on any atom is 0.339 e. The van der Waals surface area contributed by atoms with Gasteiger partial charge in [0.15, 0.2) is 0 Å². The lowest BCUT2D eigenvalue weighted by molar-refractivity contribution is -0.121. The average molecular weight is 238 g/mol. The van der Waals surface area contributed by atoms with E-state index in [0.717, 1.165) is 0 Å². The van der Waals surface area contributed by atoms with Gasteiger partial charge in [-0.25, -0.2) is 4.79 Å². The molecular formula is C11H14N2O4. The predicted molar refractivity (Wildman–Crippen MR) is 62.0 cm³/mol. The van der Waals surface area contributed by atoms with Crippen LogP contribution >= 0.6 is 0 Å². The van der Waals surface area contributed by atoms with E-state index in [2.05, 4.69) is 5.32 Å². The minimum absolute atomic E-state index is 0.0121. The number of amides is 1. The minimum Gasteiger partial charge on any atom is -0.492 e. The predicted octanol–water partition coefficient (Wildman–Crippen LogP) is 0.482. The first-order valence-electron chi connectivity index (χ1n) is 5.00. The second-order valence-corrected chi connectivity index (χ2v) is 3.33. The molecule has 1 amide bonds. The number of carboxylic acids is 1. The number of carbonyl (C=O) groups excluding carboxylic acids is 1. The van der Waals surface area contributed by atoms with Gasteiger partial charge in [0.1, 0.15) is 11.3 Å². The summed E-state index contributed by atoms with van der Waals surface area (Å²) in [7, 11) is 1.52. The van der Waals surface area contributed by atoms with E-state index in [-0.39, 0.29) is 30.2 Å². The van der Waals surface area contributed by atoms with Crippen LogP contribution in [0, 0.1) is 0 Å². The summed E-state index contributed by atoms with van der Waals surface area (Å²) in [6, 6.07) is 4.34. The fourth-order valence-corrected chi connectivity index (χ4v) is 1.22. The van der Waals surface area contributed by atoms with Crippen LogP contribution in [-0.2, 0) is 4.79 Å². The molecule has 6 heteroatoms. The highest BCUT2D eigenvalue weighted by atomic mass is 16.5. The molecule has 4 N–H and O–H groups in total. The van der Waals surface area contributed by atoms with Gasteiger partial charge in [0.05, 0.1) is 13.0 Å². The standard InChI is InChI=1S/C11H14N2O4/c1-13-10(14)4-5-17-9-3-2-7(12)6-8(9)11(15)16/h2-3,6H,4-5,12H2,1H3,(H,13,14)(H,15,16). The fourth-order valence-electron chi connectivity index (χ4n) is 1.22. The van der Waals surface area contributed by atoms with Gasteiger partial charge in [-0.1, -0.05) is 0 Å². The van der Waals surface area contributed by atoms with E-state index in [4.69, 9.17) is 15.6 Å². The van der Waals surface area contributed by atoms with Crippen LogP contribution in [-0.4, -0.2) is 30.6 Å². The third kappa shape index (κ3) is 3.67. The summed E-state index contributed by atoms with van der Waals surface area (Å²) in [6.45, 7) is 0.115. The molecule has 92 valence electrons. The Balaban J connectivity index is 2.70. The van der Waals surface area contributed by atoms with Crippen molar-refractivity contribution < 1.29 is 19.4 Å². The number of aromatic carboxylic acids is 1. The SMILES string of the molecule is CNC(=O)CCOc1ccc(N)cc1C(=O)O. The molecule has 0 aliphatic rings. The van der Waals surface area contributed by atoms with Crippen LogP contribution in [0.5, 0.6) is 5.75 Å². The molecule has 0 aromatic heterocycles. The third-order valence-corrected chi connectivity index (χ3v) is 2.10. The molecule has 0 bridgehead atoms. The molecule has 0 radical (unpaired) electrons. The van der Waals surface area contributed by atoms with Gasteiger partial charge in [-0.3, -0.25) is 4.79 Å². The Kier molecular flexibility index (Phi) is 4.33. The zero-order valence-electron chi connectivity index (χ0n) is 9.40. The molecule has 0 fully saturated rings. The lowest BCUT2D eigenvalue weighted by Gasteiger charge is -2.09. The van der Waals surface area contributed by atoms with E-state index in [1.807, 2.05) is 0 Å². The van der Waals surface area contributed by atoms with Crippen molar-refractivity contribution in [1.82, 2.24) is 5.32 Å². The summed E-state index contributed by atoms with van der Waals surface area (Å²) in [5.74, 6) is -1.08. The van der Waals surface area contributed by atoms with Crippen LogP contribution in [0.4, 0.5) is 5.69 Å². The molecule has 1 rings (SSSR count). The van der Waals surface area contributed by atoms with Crippen molar-refractivity contribution in [2.75, 3.05) is 19.4 Å². The van der Waals surface area contributed by atoms with Crippen molar-refractivity contribution in [2.24, 2.45) is 0 Å². The number of hydrogen-bond donors (Lipinski definition) is 3. The number of ether oxygens (including phenoxy) is 1. The highest BCUT2D eigenvalue weighted by Crippen LogP contribution is 2.21. The second kappa shape index (κ2) is 5.74. The largest absolute Gasteiger partial charge is 0.492 e. The van der Waals surface area contributed by atoms with Crippen LogP contribution in [0.1, 0.15) is 16.8 Å². The topological polar surface area (TPSA) is 102 Å². The smallest absolute Gasteiger partial charge is 0.339 e. The van der Waals surface area contributed by atoms with E-state index in [1.54, 1.807) is 6.07 Å². The van der Waals surface area contributed by atoms with E-state index in [1.165, 1.54) is 19.2 Å². The van der Waals surface area contributed by atoms with Gasteiger partial charge in [-0.15, -0.1) is 0 Å². The van der Waals surface area contributed by atoms with Crippen molar-refractivity contribution in [3.63, 3.8) is 0 Å². The lowest BCUT2D eigenvalue weighted by Crippen LogP contribution is -2.20. The first-order chi connectivity index (χ1) is 8.04. The lowest BCUT2D eigenvalue weighted by atomic mass is 10.2. The number of nitrogens with two attached hydrogens (primary N) is 1. The quantitative estimate of drug-likeness (QED) is 0.648. The molecular weight excluding hydrogens is 224 g/mol. The Labute approximate surface area is 98.4 Å². The molecule has 6 nitrogen and oxygen atoms in total. The molecule has 1 aromatic rings. The van der Waals surface area contributed by atoms with Gasteiger partial charge in [-0.2, -0.15) is 0 Å². The number of anilines is 1. The van der Waals surface area contributed by atoms with Gasteiger partial charge < -0.3 is 20.9 Å². The van der Waals surface area contributed by atoms with Crippen molar-refractivity contribution >= 4 is 17.6 Å². The molecule has 17 heavy (non-hydrogen) atoms. The molecule has 0 aliphatic heterocycles. The number of nitrogen functional groups attached to an aromatic ring is 1. The van der Waals surface area contributed by atoms with Gasteiger partial charge in [0.2, 0.25) is 5.91 Å². The Morgan fingerprint density at radius 3 is 2.76 bits per heavy atom.